The third kappa shape index (κ3) is 2.95. The van der Waals surface area contributed by atoms with Crippen molar-refractivity contribution in [3.63, 3.8) is 0 Å². The Morgan fingerprint density at radius 1 is 1.04 bits per heavy atom. The number of para-hydroxylation sites is 1. The molecule has 1 aliphatic carbocycles. The van der Waals surface area contributed by atoms with E-state index in [2.05, 4.69) is 5.32 Å². The van der Waals surface area contributed by atoms with Crippen LogP contribution in [0.25, 0.3) is 11.0 Å². The van der Waals surface area contributed by atoms with Crippen molar-refractivity contribution < 1.29 is 14.0 Å². The van der Waals surface area contributed by atoms with Gasteiger partial charge in [0.1, 0.15) is 11.3 Å². The molecule has 1 heterocycles. The summed E-state index contributed by atoms with van der Waals surface area (Å²) in [6, 6.07) is 14.7. The highest BCUT2D eigenvalue weighted by molar-refractivity contribution is 6.42. The van der Waals surface area contributed by atoms with Crippen LogP contribution in [0.5, 0.6) is 0 Å². The first kappa shape index (κ1) is 15.6. The van der Waals surface area contributed by atoms with Crippen LogP contribution >= 0.6 is 0 Å². The third-order valence-corrected chi connectivity index (χ3v) is 4.79. The molecule has 126 valence electrons. The van der Waals surface area contributed by atoms with Gasteiger partial charge in [0, 0.05) is 10.9 Å². The molecule has 0 fully saturated rings. The fourth-order valence-electron chi connectivity index (χ4n) is 3.39. The predicted molar refractivity (Wildman–Crippen MR) is 95.6 cm³/mol. The number of furan rings is 1. The topological polar surface area (TPSA) is 59.3 Å². The number of hydrogen-bond donors (Lipinski definition) is 1. The van der Waals surface area contributed by atoms with E-state index in [1.807, 2.05) is 49.4 Å². The Kier molecular flexibility index (Phi) is 3.88. The van der Waals surface area contributed by atoms with E-state index in [0.29, 0.717) is 11.3 Å². The number of hydrogen-bond acceptors (Lipinski definition) is 3. The predicted octanol–water partition coefficient (Wildman–Crippen LogP) is 3.98. The molecule has 0 unspecified atom stereocenters. The number of aryl methyl sites for hydroxylation is 2. The number of benzene rings is 2. The summed E-state index contributed by atoms with van der Waals surface area (Å²) in [5.74, 6) is -0.472. The average molecular weight is 333 g/mol. The summed E-state index contributed by atoms with van der Waals surface area (Å²) >= 11 is 0. The Morgan fingerprint density at radius 3 is 2.68 bits per heavy atom. The molecule has 0 bridgehead atoms. The molecule has 4 rings (SSSR count). The number of amides is 1. The number of nitrogens with one attached hydrogen (secondary N) is 1. The van der Waals surface area contributed by atoms with E-state index in [9.17, 15) is 9.59 Å². The first-order valence-electron chi connectivity index (χ1n) is 8.57. The maximum Gasteiger partial charge on any atom is 0.292 e. The van der Waals surface area contributed by atoms with Crippen molar-refractivity contribution in [3.05, 3.63) is 71.0 Å². The van der Waals surface area contributed by atoms with Crippen molar-refractivity contribution in [2.75, 3.05) is 0 Å². The lowest BCUT2D eigenvalue weighted by molar-refractivity contribution is -0.117. The molecule has 1 atom stereocenters. The van der Waals surface area contributed by atoms with Crippen LogP contribution < -0.4 is 5.32 Å². The fraction of sp³-hybridized carbons (Fsp3) is 0.238. The summed E-state index contributed by atoms with van der Waals surface area (Å²) in [5.41, 5.74) is 3.69. The Balaban J connectivity index is 1.49. The van der Waals surface area contributed by atoms with Gasteiger partial charge in [0.15, 0.2) is 0 Å². The number of fused-ring (bicyclic) bond motifs is 2. The van der Waals surface area contributed by atoms with Crippen LogP contribution in [0.15, 0.2) is 52.9 Å². The minimum absolute atomic E-state index is 0.377. The summed E-state index contributed by atoms with van der Waals surface area (Å²) in [6.45, 7) is 1.81. The van der Waals surface area contributed by atoms with Crippen molar-refractivity contribution in [3.8, 4) is 0 Å². The highest BCUT2D eigenvalue weighted by Gasteiger charge is 2.22. The van der Waals surface area contributed by atoms with Gasteiger partial charge in [0.2, 0.25) is 5.78 Å². The van der Waals surface area contributed by atoms with Gasteiger partial charge in [-0.1, -0.05) is 30.3 Å². The third-order valence-electron chi connectivity index (χ3n) is 4.79. The molecule has 4 heteroatoms. The molecule has 2 aromatic carbocycles. The minimum atomic E-state index is -0.606. The van der Waals surface area contributed by atoms with E-state index in [-0.39, 0.29) is 6.04 Å². The Hall–Kier alpha value is -2.88. The fourth-order valence-corrected chi connectivity index (χ4v) is 3.39. The van der Waals surface area contributed by atoms with E-state index >= 15 is 0 Å². The number of Topliss-reactive ketones (excluding diaryl/α,β-unsaturated/α-hetero) is 1. The average Bonchev–Trinajstić information content (AvgIpc) is 3.26. The Morgan fingerprint density at radius 2 is 1.84 bits per heavy atom. The molecule has 3 aromatic rings. The molecular weight excluding hydrogens is 314 g/mol. The van der Waals surface area contributed by atoms with Crippen LogP contribution in [0.2, 0.25) is 0 Å². The van der Waals surface area contributed by atoms with Crippen LogP contribution in [0.3, 0.4) is 0 Å². The van der Waals surface area contributed by atoms with Gasteiger partial charge in [0.05, 0.1) is 6.04 Å². The second kappa shape index (κ2) is 6.20. The van der Waals surface area contributed by atoms with Crippen molar-refractivity contribution in [2.45, 2.75) is 32.2 Å². The van der Waals surface area contributed by atoms with Gasteiger partial charge in [-0.15, -0.1) is 0 Å². The van der Waals surface area contributed by atoms with Crippen molar-refractivity contribution >= 4 is 22.7 Å². The van der Waals surface area contributed by atoms with Gasteiger partial charge < -0.3 is 9.73 Å². The van der Waals surface area contributed by atoms with Gasteiger partial charge in [-0.05, 0) is 55.5 Å². The lowest BCUT2D eigenvalue weighted by Gasteiger charge is -2.11. The van der Waals surface area contributed by atoms with Crippen molar-refractivity contribution in [1.29, 1.82) is 0 Å². The molecule has 4 nitrogen and oxygen atoms in total. The van der Waals surface area contributed by atoms with Gasteiger partial charge >= 0.3 is 0 Å². The van der Waals surface area contributed by atoms with Crippen LogP contribution in [-0.4, -0.2) is 11.7 Å². The first-order chi connectivity index (χ1) is 12.1. The molecule has 1 amide bonds. The van der Waals surface area contributed by atoms with Crippen LogP contribution in [0.4, 0.5) is 0 Å². The van der Waals surface area contributed by atoms with Crippen LogP contribution in [0.1, 0.15) is 46.6 Å². The van der Waals surface area contributed by atoms with Gasteiger partial charge in [-0.3, -0.25) is 9.59 Å². The maximum atomic E-state index is 12.4. The number of carbonyl (C=O) groups is 2. The maximum absolute atomic E-state index is 12.4. The van der Waals surface area contributed by atoms with Gasteiger partial charge in [0.25, 0.3) is 5.91 Å². The SMILES string of the molecule is C[C@H](NC(=O)C(=O)c1ccc2c(c1)CCC2)c1cc2ccccc2o1. The number of rotatable bonds is 4. The zero-order valence-electron chi connectivity index (χ0n) is 14.0. The monoisotopic (exact) mass is 333 g/mol. The lowest BCUT2D eigenvalue weighted by atomic mass is 10.0. The molecule has 0 aliphatic heterocycles. The quantitative estimate of drug-likeness (QED) is 0.580. The molecule has 1 aliphatic rings. The molecular formula is C21H19NO3. The highest BCUT2D eigenvalue weighted by Crippen LogP contribution is 2.25. The van der Waals surface area contributed by atoms with E-state index in [1.54, 1.807) is 6.07 Å². The zero-order valence-corrected chi connectivity index (χ0v) is 14.0. The van der Waals surface area contributed by atoms with E-state index in [1.165, 1.54) is 11.1 Å². The van der Waals surface area contributed by atoms with Gasteiger partial charge in [-0.2, -0.15) is 0 Å². The van der Waals surface area contributed by atoms with Crippen molar-refractivity contribution in [2.24, 2.45) is 0 Å². The molecule has 0 radical (unpaired) electrons. The first-order valence-corrected chi connectivity index (χ1v) is 8.57. The zero-order chi connectivity index (χ0) is 17.4. The van der Waals surface area contributed by atoms with Gasteiger partial charge in [-0.25, -0.2) is 0 Å². The molecule has 0 saturated carbocycles. The molecule has 0 saturated heterocycles. The lowest BCUT2D eigenvalue weighted by Crippen LogP contribution is -2.33. The minimum Gasteiger partial charge on any atom is -0.459 e. The smallest absolute Gasteiger partial charge is 0.292 e. The van der Waals surface area contributed by atoms with Crippen LogP contribution in [0, 0.1) is 0 Å². The standard InChI is InChI=1S/C21H19NO3/c1-13(19-12-16-5-2-3-8-18(16)25-19)22-21(24)20(23)17-10-9-14-6-4-7-15(14)11-17/h2-3,5,8-13H,4,6-7H2,1H3,(H,22,24)/t13-/m0/s1. The number of ketones is 1. The van der Waals surface area contributed by atoms with E-state index in [0.717, 1.165) is 30.2 Å². The summed E-state index contributed by atoms with van der Waals surface area (Å²) in [5, 5.41) is 3.72. The molecule has 25 heavy (non-hydrogen) atoms. The molecule has 1 N–H and O–H groups in total. The van der Waals surface area contributed by atoms with E-state index < -0.39 is 11.7 Å². The number of carbonyl (C=O) groups excluding carboxylic acids is 2. The second-order valence-electron chi connectivity index (χ2n) is 6.55. The second-order valence-corrected chi connectivity index (χ2v) is 6.55. The highest BCUT2D eigenvalue weighted by atomic mass is 16.3. The van der Waals surface area contributed by atoms with Crippen molar-refractivity contribution in [1.82, 2.24) is 5.32 Å². The summed E-state index contributed by atoms with van der Waals surface area (Å²) in [6.07, 6.45) is 3.15. The van der Waals surface area contributed by atoms with E-state index in [4.69, 9.17) is 4.42 Å². The largest absolute Gasteiger partial charge is 0.459 e. The summed E-state index contributed by atoms with van der Waals surface area (Å²) in [4.78, 5) is 24.8. The summed E-state index contributed by atoms with van der Waals surface area (Å²) < 4.78 is 5.75. The molecule has 0 spiro atoms. The molecule has 1 aromatic heterocycles. The Bertz CT molecular complexity index is 937. The Labute approximate surface area is 145 Å². The summed E-state index contributed by atoms with van der Waals surface area (Å²) in [7, 11) is 0. The normalized spacial score (nSPS) is 14.3. The van der Waals surface area contributed by atoms with Crippen LogP contribution in [-0.2, 0) is 17.6 Å².